The van der Waals surface area contributed by atoms with Crippen molar-refractivity contribution in [3.63, 3.8) is 0 Å². The molecule has 0 aromatic heterocycles. The first-order valence-corrected chi connectivity index (χ1v) is 6.61. The number of hydrogen-bond acceptors (Lipinski definition) is 4. The van der Waals surface area contributed by atoms with Gasteiger partial charge in [-0.05, 0) is 13.1 Å². The van der Waals surface area contributed by atoms with Crippen molar-refractivity contribution in [1.82, 2.24) is 4.90 Å². The predicted octanol–water partition coefficient (Wildman–Crippen LogP) is 2.01. The van der Waals surface area contributed by atoms with Crippen molar-refractivity contribution in [2.45, 2.75) is 6.10 Å². The van der Waals surface area contributed by atoms with Crippen LogP contribution in [0.1, 0.15) is 5.56 Å². The van der Waals surface area contributed by atoms with Crippen molar-refractivity contribution in [3.8, 4) is 11.5 Å². The zero-order valence-electron chi connectivity index (χ0n) is 11.2. The van der Waals surface area contributed by atoms with Gasteiger partial charge in [0.1, 0.15) is 6.10 Å². The molecule has 1 aromatic carbocycles. The van der Waals surface area contributed by atoms with Crippen LogP contribution in [-0.4, -0.2) is 44.8 Å². The van der Waals surface area contributed by atoms with Crippen LogP contribution in [0.4, 0.5) is 0 Å². The van der Waals surface area contributed by atoms with E-state index in [1.165, 1.54) is 0 Å². The lowest BCUT2D eigenvalue weighted by atomic mass is 10.1. The summed E-state index contributed by atoms with van der Waals surface area (Å²) in [6, 6.07) is 3.62. The van der Waals surface area contributed by atoms with Crippen molar-refractivity contribution in [2.24, 2.45) is 5.73 Å². The molecule has 2 rings (SSSR count). The lowest BCUT2D eigenvalue weighted by Gasteiger charge is -2.36. The summed E-state index contributed by atoms with van der Waals surface area (Å²) in [5.41, 5.74) is 6.39. The second kappa shape index (κ2) is 6.28. The second-order valence-electron chi connectivity index (χ2n) is 4.63. The Morgan fingerprint density at radius 3 is 2.79 bits per heavy atom. The molecular formula is C14H19ClN2O2. The lowest BCUT2D eigenvalue weighted by molar-refractivity contribution is 0.0368. The molecular weight excluding hydrogens is 264 g/mol. The van der Waals surface area contributed by atoms with Gasteiger partial charge in [-0.2, -0.15) is 0 Å². The molecule has 5 heteroatoms. The Morgan fingerprint density at radius 2 is 2.21 bits per heavy atom. The number of hydrogen-bond donors (Lipinski definition) is 1. The summed E-state index contributed by atoms with van der Waals surface area (Å²) in [6.45, 7) is 2.32. The van der Waals surface area contributed by atoms with Gasteiger partial charge in [0, 0.05) is 36.3 Å². The van der Waals surface area contributed by atoms with Gasteiger partial charge in [0.05, 0.1) is 7.11 Å². The maximum Gasteiger partial charge on any atom is 0.169 e. The number of benzene rings is 1. The van der Waals surface area contributed by atoms with Gasteiger partial charge >= 0.3 is 0 Å². The lowest BCUT2D eigenvalue weighted by Crippen LogP contribution is -2.51. The molecule has 0 bridgehead atoms. The van der Waals surface area contributed by atoms with Crippen LogP contribution < -0.4 is 15.2 Å². The van der Waals surface area contributed by atoms with Crippen molar-refractivity contribution >= 4 is 17.7 Å². The monoisotopic (exact) mass is 282 g/mol. The average molecular weight is 283 g/mol. The Morgan fingerprint density at radius 1 is 1.47 bits per heavy atom. The number of rotatable bonds is 5. The summed E-state index contributed by atoms with van der Waals surface area (Å²) < 4.78 is 11.4. The summed E-state index contributed by atoms with van der Waals surface area (Å²) in [6.07, 6.45) is 3.97. The highest BCUT2D eigenvalue weighted by molar-refractivity contribution is 6.31. The molecule has 1 heterocycles. The van der Waals surface area contributed by atoms with Crippen LogP contribution in [0.25, 0.3) is 6.08 Å². The molecule has 0 aliphatic carbocycles. The third-order valence-electron chi connectivity index (χ3n) is 3.02. The van der Waals surface area contributed by atoms with E-state index in [4.69, 9.17) is 26.8 Å². The smallest absolute Gasteiger partial charge is 0.169 e. The summed E-state index contributed by atoms with van der Waals surface area (Å²) in [7, 11) is 3.68. The fourth-order valence-corrected chi connectivity index (χ4v) is 2.28. The molecule has 0 amide bonds. The van der Waals surface area contributed by atoms with E-state index < -0.39 is 0 Å². The van der Waals surface area contributed by atoms with E-state index in [1.54, 1.807) is 13.2 Å². The average Bonchev–Trinajstić information content (AvgIpc) is 2.36. The quantitative estimate of drug-likeness (QED) is 0.897. The van der Waals surface area contributed by atoms with Crippen molar-refractivity contribution < 1.29 is 9.47 Å². The Balaban J connectivity index is 2.28. The minimum absolute atomic E-state index is 0.199. The predicted molar refractivity (Wildman–Crippen MR) is 78.0 cm³/mol. The number of methoxy groups -OCH3 is 1. The number of likely N-dealkylation sites (N-methyl/N-ethyl adjacent to an activating group) is 1. The third-order valence-corrected chi connectivity index (χ3v) is 3.24. The van der Waals surface area contributed by atoms with E-state index >= 15 is 0 Å². The highest BCUT2D eigenvalue weighted by Gasteiger charge is 2.27. The number of likely N-dealkylation sites (tertiary alicyclic amines) is 1. The van der Waals surface area contributed by atoms with Crippen molar-refractivity contribution in [1.29, 1.82) is 0 Å². The Bertz CT molecular complexity index is 471. The van der Waals surface area contributed by atoms with Gasteiger partial charge < -0.3 is 15.2 Å². The summed E-state index contributed by atoms with van der Waals surface area (Å²) in [5, 5.41) is 0.617. The first kappa shape index (κ1) is 14.2. The Labute approximate surface area is 118 Å². The van der Waals surface area contributed by atoms with Gasteiger partial charge in [0.15, 0.2) is 11.5 Å². The van der Waals surface area contributed by atoms with E-state index in [9.17, 15) is 0 Å². The van der Waals surface area contributed by atoms with Crippen LogP contribution in [-0.2, 0) is 0 Å². The molecule has 0 radical (unpaired) electrons. The van der Waals surface area contributed by atoms with Gasteiger partial charge in [-0.1, -0.05) is 23.8 Å². The molecule has 19 heavy (non-hydrogen) atoms. The number of ether oxygens (including phenoxy) is 2. The minimum atomic E-state index is 0.199. The first-order chi connectivity index (χ1) is 9.13. The molecule has 4 nitrogen and oxygen atoms in total. The van der Waals surface area contributed by atoms with E-state index in [1.807, 2.05) is 18.2 Å². The van der Waals surface area contributed by atoms with Crippen molar-refractivity contribution in [2.75, 3.05) is 33.8 Å². The van der Waals surface area contributed by atoms with Crippen LogP contribution >= 0.6 is 11.6 Å². The molecule has 0 unspecified atom stereocenters. The number of halogens is 1. The van der Waals surface area contributed by atoms with Gasteiger partial charge in [0.25, 0.3) is 0 Å². The Hall–Kier alpha value is -1.23. The standard InChI is InChI=1S/C14H19ClN2O2/c1-17-8-12(9-17)19-14-10(4-3-5-16)6-11(15)7-13(14)18-2/h3-4,6-7,12H,5,8-9,16H2,1-2H3/b4-3+. The SMILES string of the molecule is COc1cc(Cl)cc(/C=C/CN)c1OC1CN(C)C1. The normalized spacial score (nSPS) is 16.6. The minimum Gasteiger partial charge on any atom is -0.493 e. The van der Waals surface area contributed by atoms with E-state index in [0.29, 0.717) is 17.3 Å². The molecule has 0 atom stereocenters. The maximum absolute atomic E-state index is 6.08. The Kier molecular flexibility index (Phi) is 4.69. The van der Waals surface area contributed by atoms with Crippen molar-refractivity contribution in [3.05, 3.63) is 28.8 Å². The molecule has 1 aromatic rings. The first-order valence-electron chi connectivity index (χ1n) is 6.23. The molecule has 0 saturated carbocycles. The molecule has 0 spiro atoms. The van der Waals surface area contributed by atoms with Crippen LogP contribution in [0.5, 0.6) is 11.5 Å². The van der Waals surface area contributed by atoms with E-state index in [-0.39, 0.29) is 6.10 Å². The summed E-state index contributed by atoms with van der Waals surface area (Å²) in [4.78, 5) is 2.20. The topological polar surface area (TPSA) is 47.7 Å². The highest BCUT2D eigenvalue weighted by Crippen LogP contribution is 2.37. The fourth-order valence-electron chi connectivity index (χ4n) is 2.07. The molecule has 2 N–H and O–H groups in total. The van der Waals surface area contributed by atoms with Crippen LogP contribution in [0.2, 0.25) is 5.02 Å². The van der Waals surface area contributed by atoms with E-state index in [2.05, 4.69) is 11.9 Å². The second-order valence-corrected chi connectivity index (χ2v) is 5.06. The van der Waals surface area contributed by atoms with Crippen LogP contribution in [0.3, 0.4) is 0 Å². The molecule has 1 saturated heterocycles. The van der Waals surface area contributed by atoms with Gasteiger partial charge in [-0.3, -0.25) is 4.90 Å². The highest BCUT2D eigenvalue weighted by atomic mass is 35.5. The summed E-state index contributed by atoms with van der Waals surface area (Å²) in [5.74, 6) is 1.38. The van der Waals surface area contributed by atoms with Crippen LogP contribution in [0, 0.1) is 0 Å². The summed E-state index contributed by atoms with van der Waals surface area (Å²) >= 11 is 6.08. The van der Waals surface area contributed by atoms with Gasteiger partial charge in [-0.25, -0.2) is 0 Å². The maximum atomic E-state index is 6.08. The zero-order valence-corrected chi connectivity index (χ0v) is 12.0. The molecule has 1 aliphatic heterocycles. The molecule has 104 valence electrons. The van der Waals surface area contributed by atoms with Gasteiger partial charge in [-0.15, -0.1) is 0 Å². The molecule has 1 fully saturated rings. The molecule has 1 aliphatic rings. The fraction of sp³-hybridized carbons (Fsp3) is 0.429. The number of nitrogens with two attached hydrogens (primary N) is 1. The largest absolute Gasteiger partial charge is 0.493 e. The number of nitrogens with zero attached hydrogens (tertiary/aromatic N) is 1. The van der Waals surface area contributed by atoms with Gasteiger partial charge in [0.2, 0.25) is 0 Å². The zero-order chi connectivity index (χ0) is 13.8. The van der Waals surface area contributed by atoms with Crippen LogP contribution in [0.15, 0.2) is 18.2 Å². The van der Waals surface area contributed by atoms with E-state index in [0.717, 1.165) is 24.4 Å². The third kappa shape index (κ3) is 3.41.